The first-order chi connectivity index (χ1) is 12.1. The predicted octanol–water partition coefficient (Wildman–Crippen LogP) is 1.90. The van der Waals surface area contributed by atoms with Crippen LogP contribution in [0, 0.1) is 11.7 Å². The lowest BCUT2D eigenvalue weighted by Crippen LogP contribution is -2.47. The van der Waals surface area contributed by atoms with Crippen LogP contribution in [0.5, 0.6) is 0 Å². The molecule has 2 heterocycles. The fourth-order valence-corrected chi connectivity index (χ4v) is 2.96. The summed E-state index contributed by atoms with van der Waals surface area (Å²) in [6.45, 7) is 3.83. The van der Waals surface area contributed by atoms with E-state index in [1.54, 1.807) is 18.3 Å². The van der Waals surface area contributed by atoms with Crippen LogP contribution >= 0.6 is 0 Å². The number of carbonyl (C=O) groups is 1. The Hall–Kier alpha value is -2.31. The number of hydrogen-bond donors (Lipinski definition) is 2. The smallest absolute Gasteiger partial charge is 0.241 e. The van der Waals surface area contributed by atoms with Crippen molar-refractivity contribution < 1.29 is 9.18 Å². The van der Waals surface area contributed by atoms with Gasteiger partial charge in [0.25, 0.3) is 0 Å². The van der Waals surface area contributed by atoms with Crippen LogP contribution in [0.1, 0.15) is 18.2 Å². The van der Waals surface area contributed by atoms with E-state index < -0.39 is 0 Å². The number of benzene rings is 1. The van der Waals surface area contributed by atoms with Gasteiger partial charge in [-0.25, -0.2) is 9.82 Å². The van der Waals surface area contributed by atoms with Crippen molar-refractivity contribution in [1.29, 1.82) is 0 Å². The van der Waals surface area contributed by atoms with Crippen LogP contribution in [-0.4, -0.2) is 34.9 Å². The van der Waals surface area contributed by atoms with E-state index in [4.69, 9.17) is 0 Å². The van der Waals surface area contributed by atoms with Gasteiger partial charge in [-0.1, -0.05) is 25.1 Å². The number of amides is 1. The molecule has 0 aliphatic carbocycles. The van der Waals surface area contributed by atoms with Crippen molar-refractivity contribution in [3.63, 3.8) is 0 Å². The number of nitrogens with one attached hydrogen (secondary N) is 2. The molecule has 1 aromatic heterocycles. The number of rotatable bonds is 6. The summed E-state index contributed by atoms with van der Waals surface area (Å²) in [5.41, 5.74) is 7.97. The molecule has 2 unspecified atom stereocenters. The molecule has 1 aromatic carbocycles. The summed E-state index contributed by atoms with van der Waals surface area (Å²) in [6, 6.07) is 11.8. The second-order valence-corrected chi connectivity index (χ2v) is 6.44. The molecule has 3 rings (SSSR count). The molecule has 0 radical (unpaired) electrons. The molecule has 0 spiro atoms. The molecule has 5 nitrogen and oxygen atoms in total. The third-order valence-corrected chi connectivity index (χ3v) is 4.48. The number of nitrogens with zero attached hydrogens (tertiary/aromatic N) is 2. The largest absolute Gasteiger partial charge is 0.337 e. The second kappa shape index (κ2) is 8.18. The number of hydrogen-bond acceptors (Lipinski definition) is 4. The first kappa shape index (κ1) is 17.5. The number of carbonyl (C=O) groups excluding carboxylic acids is 1. The summed E-state index contributed by atoms with van der Waals surface area (Å²) in [5.74, 6) is 0.00113. The van der Waals surface area contributed by atoms with Gasteiger partial charge in [-0.05, 0) is 35.7 Å². The van der Waals surface area contributed by atoms with Crippen molar-refractivity contribution in [3.05, 3.63) is 65.7 Å². The van der Waals surface area contributed by atoms with Crippen LogP contribution in [0.4, 0.5) is 4.39 Å². The lowest BCUT2D eigenvalue weighted by atomic mass is 10.0. The molecule has 0 bridgehead atoms. The van der Waals surface area contributed by atoms with Crippen LogP contribution in [0.2, 0.25) is 0 Å². The Morgan fingerprint density at radius 2 is 2.08 bits per heavy atom. The van der Waals surface area contributed by atoms with Crippen LogP contribution in [0.25, 0.3) is 0 Å². The Labute approximate surface area is 147 Å². The number of halogens is 1. The minimum absolute atomic E-state index is 0.0535. The zero-order valence-electron chi connectivity index (χ0n) is 14.3. The van der Waals surface area contributed by atoms with E-state index in [0.717, 1.165) is 17.8 Å². The Bertz CT molecular complexity index is 692. The molecule has 1 saturated heterocycles. The van der Waals surface area contributed by atoms with Crippen LogP contribution in [0.3, 0.4) is 0 Å². The molecule has 1 amide bonds. The van der Waals surface area contributed by atoms with Crippen molar-refractivity contribution in [1.82, 2.24) is 20.7 Å². The zero-order valence-corrected chi connectivity index (χ0v) is 14.3. The monoisotopic (exact) mass is 342 g/mol. The van der Waals surface area contributed by atoms with Gasteiger partial charge in [0.2, 0.25) is 5.91 Å². The molecule has 132 valence electrons. The third-order valence-electron chi connectivity index (χ3n) is 4.48. The molecule has 2 N–H and O–H groups in total. The lowest BCUT2D eigenvalue weighted by molar-refractivity contribution is -0.134. The van der Waals surface area contributed by atoms with E-state index in [1.165, 1.54) is 12.1 Å². The lowest BCUT2D eigenvalue weighted by Gasteiger charge is -2.27. The highest BCUT2D eigenvalue weighted by Crippen LogP contribution is 2.14. The van der Waals surface area contributed by atoms with Gasteiger partial charge in [-0.3, -0.25) is 15.2 Å². The molecule has 1 fully saturated rings. The molecular formula is C19H23FN4O. The Morgan fingerprint density at radius 3 is 2.72 bits per heavy atom. The van der Waals surface area contributed by atoms with Gasteiger partial charge in [0.15, 0.2) is 0 Å². The standard InChI is InChI=1S/C19H23FN4O/c1-14-12-22-23-18(14)19(25)24(11-9-17-4-2-3-10-21-17)13-15-5-7-16(20)8-6-15/h2-8,10,14,18,22-23H,9,11-13H2,1H3. The van der Waals surface area contributed by atoms with Crippen molar-refractivity contribution in [2.45, 2.75) is 25.9 Å². The zero-order chi connectivity index (χ0) is 17.6. The molecular weight excluding hydrogens is 319 g/mol. The molecule has 6 heteroatoms. The minimum atomic E-state index is -0.273. The van der Waals surface area contributed by atoms with Gasteiger partial charge >= 0.3 is 0 Å². The topological polar surface area (TPSA) is 57.3 Å². The highest BCUT2D eigenvalue weighted by molar-refractivity contribution is 5.82. The molecule has 2 atom stereocenters. The minimum Gasteiger partial charge on any atom is -0.337 e. The summed E-state index contributed by atoms with van der Waals surface area (Å²) in [4.78, 5) is 19.1. The third kappa shape index (κ3) is 4.61. The van der Waals surface area contributed by atoms with E-state index in [1.807, 2.05) is 30.0 Å². The highest BCUT2D eigenvalue weighted by Gasteiger charge is 2.32. The number of pyridine rings is 1. The van der Waals surface area contributed by atoms with Crippen molar-refractivity contribution in [2.24, 2.45) is 5.92 Å². The average Bonchev–Trinajstić information content (AvgIpc) is 3.06. The fourth-order valence-electron chi connectivity index (χ4n) is 2.96. The quantitative estimate of drug-likeness (QED) is 0.842. The normalized spacial score (nSPS) is 19.8. The van der Waals surface area contributed by atoms with E-state index in [0.29, 0.717) is 19.5 Å². The molecule has 0 saturated carbocycles. The Morgan fingerprint density at radius 1 is 1.28 bits per heavy atom. The van der Waals surface area contributed by atoms with E-state index >= 15 is 0 Å². The predicted molar refractivity (Wildman–Crippen MR) is 93.8 cm³/mol. The van der Waals surface area contributed by atoms with Crippen molar-refractivity contribution >= 4 is 5.91 Å². The second-order valence-electron chi connectivity index (χ2n) is 6.44. The average molecular weight is 342 g/mol. The van der Waals surface area contributed by atoms with Crippen LogP contribution < -0.4 is 10.9 Å². The molecule has 25 heavy (non-hydrogen) atoms. The van der Waals surface area contributed by atoms with Gasteiger partial charge in [0, 0.05) is 37.9 Å². The Kier molecular flexibility index (Phi) is 5.73. The van der Waals surface area contributed by atoms with Crippen molar-refractivity contribution in [2.75, 3.05) is 13.1 Å². The van der Waals surface area contributed by atoms with Gasteiger partial charge in [-0.15, -0.1) is 0 Å². The van der Waals surface area contributed by atoms with Crippen LogP contribution in [0.15, 0.2) is 48.7 Å². The summed E-state index contributed by atoms with van der Waals surface area (Å²) in [5, 5.41) is 0. The van der Waals surface area contributed by atoms with E-state index in [2.05, 4.69) is 15.8 Å². The van der Waals surface area contributed by atoms with Crippen molar-refractivity contribution in [3.8, 4) is 0 Å². The van der Waals surface area contributed by atoms with Gasteiger partial charge in [0.05, 0.1) is 0 Å². The fraction of sp³-hybridized carbons (Fsp3) is 0.368. The van der Waals surface area contributed by atoms with Crippen LogP contribution in [-0.2, 0) is 17.8 Å². The first-order valence-corrected chi connectivity index (χ1v) is 8.55. The SMILES string of the molecule is CC1CNNC1C(=O)N(CCc1ccccn1)Cc1ccc(F)cc1. The summed E-state index contributed by atoms with van der Waals surface area (Å²) in [7, 11) is 0. The maximum Gasteiger partial charge on any atom is 0.241 e. The molecule has 1 aliphatic heterocycles. The maximum absolute atomic E-state index is 13.1. The highest BCUT2D eigenvalue weighted by atomic mass is 19.1. The molecule has 1 aliphatic rings. The summed E-state index contributed by atoms with van der Waals surface area (Å²) >= 11 is 0. The van der Waals surface area contributed by atoms with Gasteiger partial charge < -0.3 is 4.90 Å². The summed E-state index contributed by atoms with van der Waals surface area (Å²) < 4.78 is 13.1. The van der Waals surface area contributed by atoms with Gasteiger partial charge in [0.1, 0.15) is 11.9 Å². The van der Waals surface area contributed by atoms with E-state index in [-0.39, 0.29) is 23.7 Å². The maximum atomic E-state index is 13.1. The van der Waals surface area contributed by atoms with Gasteiger partial charge in [-0.2, -0.15) is 0 Å². The molecule has 2 aromatic rings. The Balaban J connectivity index is 1.72. The first-order valence-electron chi connectivity index (χ1n) is 8.55. The number of hydrazine groups is 1. The van der Waals surface area contributed by atoms with E-state index in [9.17, 15) is 9.18 Å². The number of aromatic nitrogens is 1. The summed E-state index contributed by atoms with van der Waals surface area (Å²) in [6.07, 6.45) is 2.44.